The van der Waals surface area contributed by atoms with Crippen molar-refractivity contribution in [3.05, 3.63) is 59.3 Å². The van der Waals surface area contributed by atoms with Crippen LogP contribution in [0.2, 0.25) is 0 Å². The number of benzene rings is 1. The topological polar surface area (TPSA) is 86.9 Å². The Labute approximate surface area is 163 Å². The summed E-state index contributed by atoms with van der Waals surface area (Å²) in [5.74, 6) is -0.522. The zero-order valence-corrected chi connectivity index (χ0v) is 15.2. The highest BCUT2D eigenvalue weighted by Gasteiger charge is 2.30. The minimum absolute atomic E-state index is 0. The van der Waals surface area contributed by atoms with Gasteiger partial charge < -0.3 is 15.6 Å². The number of imidazole rings is 1. The van der Waals surface area contributed by atoms with Crippen LogP contribution < -0.4 is 10.6 Å². The Hall–Kier alpha value is -2.83. The summed E-state index contributed by atoms with van der Waals surface area (Å²) < 4.78 is 0. The second-order valence-electron chi connectivity index (χ2n) is 7.18. The Morgan fingerprint density at radius 1 is 1.19 bits per heavy atom. The molecule has 3 rings (SSSR count). The second-order valence-corrected chi connectivity index (χ2v) is 7.18. The van der Waals surface area contributed by atoms with Crippen molar-refractivity contribution in [3.63, 3.8) is 0 Å². The molecule has 0 bridgehead atoms. The fourth-order valence-corrected chi connectivity index (χ4v) is 2.83. The Bertz CT molecular complexity index is 828. The van der Waals surface area contributed by atoms with Gasteiger partial charge in [-0.25, -0.2) is 4.98 Å². The fourth-order valence-electron chi connectivity index (χ4n) is 2.83. The van der Waals surface area contributed by atoms with Crippen LogP contribution in [-0.4, -0.2) is 36.2 Å². The Morgan fingerprint density at radius 3 is 2.48 bits per heavy atom. The number of piperazine rings is 1. The number of carbonyl (C=O) groups is 2. The van der Waals surface area contributed by atoms with Crippen LogP contribution in [0.4, 0.5) is 0 Å². The van der Waals surface area contributed by atoms with Gasteiger partial charge in [-0.1, -0.05) is 58.5 Å². The maximum Gasteiger partial charge on any atom is 0.268 e. The highest BCUT2D eigenvalue weighted by molar-refractivity contribution is 6.07. The molecule has 1 atom stereocenters. The van der Waals surface area contributed by atoms with Gasteiger partial charge in [0.05, 0.1) is 12.0 Å². The van der Waals surface area contributed by atoms with Crippen molar-refractivity contribution in [3.8, 4) is 0 Å². The molecule has 2 amide bonds. The third kappa shape index (κ3) is 5.09. The minimum atomic E-state index is -0.576. The highest BCUT2D eigenvalue weighted by atomic mass is 16.2. The lowest BCUT2D eigenvalue weighted by Gasteiger charge is -2.25. The number of aromatic amines is 1. The van der Waals surface area contributed by atoms with Crippen molar-refractivity contribution in [2.45, 2.75) is 46.1 Å². The largest absolute Gasteiger partial charge is 0.348 e. The number of carbonyl (C=O) groups excluding carboxylic acids is 2. The molecule has 1 unspecified atom stereocenters. The molecule has 2 aromatic rings. The number of nitrogens with zero attached hydrogens (tertiary/aromatic N) is 1. The molecule has 27 heavy (non-hydrogen) atoms. The van der Waals surface area contributed by atoms with Crippen LogP contribution in [0.15, 0.2) is 42.4 Å². The number of hydrogen-bond donors (Lipinski definition) is 3. The van der Waals surface area contributed by atoms with Crippen molar-refractivity contribution in [1.82, 2.24) is 20.6 Å². The van der Waals surface area contributed by atoms with E-state index in [0.29, 0.717) is 12.1 Å². The van der Waals surface area contributed by atoms with Crippen LogP contribution in [0.1, 0.15) is 46.6 Å². The zero-order chi connectivity index (χ0) is 18.0. The average molecular weight is 368 g/mol. The summed E-state index contributed by atoms with van der Waals surface area (Å²) in [7, 11) is 0. The van der Waals surface area contributed by atoms with Crippen molar-refractivity contribution < 1.29 is 11.0 Å². The van der Waals surface area contributed by atoms with Gasteiger partial charge in [0, 0.05) is 27.4 Å². The van der Waals surface area contributed by atoms with Crippen molar-refractivity contribution >= 4 is 26.3 Å². The van der Waals surface area contributed by atoms with Crippen LogP contribution in [0.25, 0.3) is 6.08 Å². The SMILES string of the molecule is C.CC(C)(C)c1[nH]cnc1/C=C1\NC(=O)C(Cc2ccccc2)NC1=O.[2HH].[B]. The molecule has 1 aromatic carbocycles. The number of hydrogen-bond acceptors (Lipinski definition) is 3. The molecular formula is C20H28BN4O2. The average Bonchev–Trinajstić information content (AvgIpc) is 3.02. The summed E-state index contributed by atoms with van der Waals surface area (Å²) >= 11 is 0. The first-order valence-corrected chi connectivity index (χ1v) is 8.26. The number of rotatable bonds is 3. The van der Waals surface area contributed by atoms with Gasteiger partial charge in [0.1, 0.15) is 11.7 Å². The first-order chi connectivity index (χ1) is 11.8. The van der Waals surface area contributed by atoms with Gasteiger partial charge in [-0.05, 0) is 11.6 Å². The van der Waals surface area contributed by atoms with Crippen LogP contribution in [0.5, 0.6) is 0 Å². The number of aromatic nitrogens is 2. The Morgan fingerprint density at radius 2 is 1.85 bits per heavy atom. The van der Waals surface area contributed by atoms with E-state index in [2.05, 4.69) is 41.4 Å². The first kappa shape index (κ1) is 22.2. The molecule has 1 fully saturated rings. The third-order valence-electron chi connectivity index (χ3n) is 4.11. The second kappa shape index (κ2) is 8.71. The quantitative estimate of drug-likeness (QED) is 0.574. The molecule has 7 heteroatoms. The van der Waals surface area contributed by atoms with E-state index >= 15 is 0 Å². The maximum atomic E-state index is 12.4. The molecule has 1 aliphatic rings. The summed E-state index contributed by atoms with van der Waals surface area (Å²) in [5, 5.41) is 5.49. The van der Waals surface area contributed by atoms with E-state index in [1.54, 1.807) is 12.4 Å². The van der Waals surface area contributed by atoms with Gasteiger partial charge in [-0.2, -0.15) is 0 Å². The Kier molecular flexibility index (Phi) is 7.17. The number of amides is 2. The molecule has 1 aliphatic heterocycles. The molecule has 1 saturated heterocycles. The monoisotopic (exact) mass is 368 g/mol. The number of H-pyrrole nitrogens is 1. The fraction of sp³-hybridized carbons (Fsp3) is 0.350. The summed E-state index contributed by atoms with van der Waals surface area (Å²) in [4.78, 5) is 32.1. The highest BCUT2D eigenvalue weighted by Crippen LogP contribution is 2.24. The van der Waals surface area contributed by atoms with E-state index in [1.165, 1.54) is 0 Å². The summed E-state index contributed by atoms with van der Waals surface area (Å²) in [6.07, 6.45) is 3.66. The van der Waals surface area contributed by atoms with Crippen molar-refractivity contribution in [2.75, 3.05) is 0 Å². The van der Waals surface area contributed by atoms with E-state index in [9.17, 15) is 9.59 Å². The zero-order valence-electron chi connectivity index (χ0n) is 15.2. The minimum Gasteiger partial charge on any atom is -0.348 e. The first-order valence-electron chi connectivity index (χ1n) is 8.26. The van der Waals surface area contributed by atoms with Gasteiger partial charge in [-0.3, -0.25) is 9.59 Å². The lowest BCUT2D eigenvalue weighted by Crippen LogP contribution is -2.55. The van der Waals surface area contributed by atoms with Crippen LogP contribution in [0, 0.1) is 0 Å². The third-order valence-corrected chi connectivity index (χ3v) is 4.11. The molecule has 0 saturated carbocycles. The van der Waals surface area contributed by atoms with Gasteiger partial charge in [0.2, 0.25) is 5.91 Å². The molecule has 2 heterocycles. The molecule has 143 valence electrons. The standard InChI is InChI=1S/C19H22N4O2.CH4.B.H2/c1-19(2,3)16-13(20-11-21-16)10-15-18(25)22-14(17(24)23-15)9-12-7-5-4-6-8-12;;;/h4-8,10-11,14H,9H2,1-3H3,(H,20,21)(H,22,25)(H,23,24);1H4;;1H/b15-10-;;;/i;;;1+1. The van der Waals surface area contributed by atoms with E-state index in [1.807, 2.05) is 30.3 Å². The summed E-state index contributed by atoms with van der Waals surface area (Å²) in [6, 6.07) is 9.03. The van der Waals surface area contributed by atoms with Gasteiger partial charge >= 0.3 is 0 Å². The normalized spacial score (nSPS) is 18.2. The lowest BCUT2D eigenvalue weighted by atomic mass is 9.90. The van der Waals surface area contributed by atoms with Crippen LogP contribution in [0.3, 0.4) is 0 Å². The van der Waals surface area contributed by atoms with Crippen molar-refractivity contribution in [1.29, 1.82) is 0 Å². The van der Waals surface area contributed by atoms with E-state index in [4.69, 9.17) is 0 Å². The lowest BCUT2D eigenvalue weighted by molar-refractivity contribution is -0.131. The van der Waals surface area contributed by atoms with Gasteiger partial charge in [0.15, 0.2) is 0 Å². The van der Waals surface area contributed by atoms with Crippen LogP contribution >= 0.6 is 0 Å². The van der Waals surface area contributed by atoms with E-state index < -0.39 is 6.04 Å². The van der Waals surface area contributed by atoms with Gasteiger partial charge in [-0.15, -0.1) is 0 Å². The van der Waals surface area contributed by atoms with E-state index in [-0.39, 0.29) is 40.2 Å². The Balaban J connectivity index is 0.00000243. The molecule has 1 aromatic heterocycles. The molecule has 0 spiro atoms. The number of nitrogens with one attached hydrogen (secondary N) is 3. The summed E-state index contributed by atoms with van der Waals surface area (Å²) in [6.45, 7) is 6.16. The van der Waals surface area contributed by atoms with Crippen LogP contribution in [-0.2, 0) is 21.4 Å². The predicted molar refractivity (Wildman–Crippen MR) is 110 cm³/mol. The molecule has 3 radical (unpaired) electrons. The predicted octanol–water partition coefficient (Wildman–Crippen LogP) is 2.41. The molecule has 0 aliphatic carbocycles. The summed E-state index contributed by atoms with van der Waals surface area (Å²) in [5.41, 5.74) is 2.63. The van der Waals surface area contributed by atoms with E-state index in [0.717, 1.165) is 11.3 Å². The molecular weight excluding hydrogens is 339 g/mol. The van der Waals surface area contributed by atoms with Gasteiger partial charge in [0.25, 0.3) is 5.91 Å². The molecule has 3 N–H and O–H groups in total. The smallest absolute Gasteiger partial charge is 0.268 e. The molecule has 6 nitrogen and oxygen atoms in total. The maximum absolute atomic E-state index is 12.4. The van der Waals surface area contributed by atoms with Crippen molar-refractivity contribution in [2.24, 2.45) is 0 Å².